The molecular formula is C16H24N2O2. The van der Waals surface area contributed by atoms with Gasteiger partial charge in [-0.25, -0.2) is 0 Å². The van der Waals surface area contributed by atoms with Crippen LogP contribution < -0.4 is 10.6 Å². The predicted octanol–water partition coefficient (Wildman–Crippen LogP) is 1.37. The molecule has 1 heterocycles. The first-order valence-corrected chi connectivity index (χ1v) is 7.38. The van der Waals surface area contributed by atoms with E-state index in [1.165, 1.54) is 11.1 Å². The quantitative estimate of drug-likeness (QED) is 0.761. The Balaban J connectivity index is 1.92. The van der Waals surface area contributed by atoms with Gasteiger partial charge < -0.3 is 15.7 Å². The molecule has 1 atom stereocenters. The molecule has 0 spiro atoms. The summed E-state index contributed by atoms with van der Waals surface area (Å²) in [6.07, 6.45) is 1.99. The molecular weight excluding hydrogens is 252 g/mol. The zero-order valence-electron chi connectivity index (χ0n) is 12.3. The van der Waals surface area contributed by atoms with Crippen LogP contribution in [0.25, 0.3) is 0 Å². The van der Waals surface area contributed by atoms with Crippen molar-refractivity contribution in [3.8, 4) is 0 Å². The van der Waals surface area contributed by atoms with Gasteiger partial charge in [-0.05, 0) is 30.4 Å². The highest BCUT2D eigenvalue weighted by Crippen LogP contribution is 2.17. The molecule has 0 radical (unpaired) electrons. The summed E-state index contributed by atoms with van der Waals surface area (Å²) in [7, 11) is 0. The fourth-order valence-corrected chi connectivity index (χ4v) is 2.51. The molecule has 3 N–H and O–H groups in total. The van der Waals surface area contributed by atoms with Gasteiger partial charge in [0.25, 0.3) is 0 Å². The molecule has 110 valence electrons. The number of benzene rings is 1. The van der Waals surface area contributed by atoms with Crippen LogP contribution in [0.2, 0.25) is 0 Å². The lowest BCUT2D eigenvalue weighted by atomic mass is 9.94. The van der Waals surface area contributed by atoms with Gasteiger partial charge in [-0.2, -0.15) is 0 Å². The maximum atomic E-state index is 12.2. The molecule has 1 aromatic carbocycles. The highest BCUT2D eigenvalue weighted by atomic mass is 16.3. The van der Waals surface area contributed by atoms with Crippen molar-refractivity contribution in [2.75, 3.05) is 6.54 Å². The molecule has 20 heavy (non-hydrogen) atoms. The van der Waals surface area contributed by atoms with Gasteiger partial charge in [0.15, 0.2) is 0 Å². The van der Waals surface area contributed by atoms with Gasteiger partial charge in [-0.1, -0.05) is 38.1 Å². The standard InChI is InChI=1S/C16H24N2O2/c1-3-16(20,4-2)11-18-15(19)14-9-12-7-5-6-8-13(12)10-17-14/h5-8,14,17,20H,3-4,9-11H2,1-2H3,(H,18,19)/t14-/m0/s1. The van der Waals surface area contributed by atoms with Crippen LogP contribution >= 0.6 is 0 Å². The third-order valence-electron chi connectivity index (χ3n) is 4.31. The Morgan fingerprint density at radius 2 is 2.00 bits per heavy atom. The van der Waals surface area contributed by atoms with E-state index in [1.54, 1.807) is 0 Å². The predicted molar refractivity (Wildman–Crippen MR) is 79.3 cm³/mol. The second kappa shape index (κ2) is 6.37. The minimum atomic E-state index is -0.789. The number of rotatable bonds is 5. The molecule has 2 rings (SSSR count). The number of hydrogen-bond acceptors (Lipinski definition) is 3. The van der Waals surface area contributed by atoms with E-state index in [9.17, 15) is 9.90 Å². The Kier molecular flexibility index (Phi) is 4.78. The summed E-state index contributed by atoms with van der Waals surface area (Å²) in [5.74, 6) is -0.0279. The van der Waals surface area contributed by atoms with E-state index >= 15 is 0 Å². The summed E-state index contributed by atoms with van der Waals surface area (Å²) < 4.78 is 0. The van der Waals surface area contributed by atoms with Crippen LogP contribution in [0.3, 0.4) is 0 Å². The number of fused-ring (bicyclic) bond motifs is 1. The molecule has 0 fully saturated rings. The number of aliphatic hydroxyl groups is 1. The average molecular weight is 276 g/mol. The Morgan fingerprint density at radius 1 is 1.35 bits per heavy atom. The smallest absolute Gasteiger partial charge is 0.237 e. The van der Waals surface area contributed by atoms with Crippen molar-refractivity contribution in [3.63, 3.8) is 0 Å². The normalized spacial score (nSPS) is 18.4. The van der Waals surface area contributed by atoms with E-state index in [2.05, 4.69) is 22.8 Å². The summed E-state index contributed by atoms with van der Waals surface area (Å²) >= 11 is 0. The summed E-state index contributed by atoms with van der Waals surface area (Å²) in [4.78, 5) is 12.2. The Hall–Kier alpha value is -1.39. The maximum absolute atomic E-state index is 12.2. The van der Waals surface area contributed by atoms with Crippen molar-refractivity contribution in [3.05, 3.63) is 35.4 Å². The van der Waals surface area contributed by atoms with Crippen LogP contribution in [0.1, 0.15) is 37.8 Å². The summed E-state index contributed by atoms with van der Waals surface area (Å²) in [6.45, 7) is 4.91. The molecule has 0 aromatic heterocycles. The summed E-state index contributed by atoms with van der Waals surface area (Å²) in [6, 6.07) is 7.98. The summed E-state index contributed by atoms with van der Waals surface area (Å²) in [5, 5.41) is 16.3. The lowest BCUT2D eigenvalue weighted by Crippen LogP contribution is -2.51. The van der Waals surface area contributed by atoms with Crippen LogP contribution in [-0.2, 0) is 17.8 Å². The van der Waals surface area contributed by atoms with E-state index in [-0.39, 0.29) is 11.9 Å². The van der Waals surface area contributed by atoms with Crippen LogP contribution in [0.15, 0.2) is 24.3 Å². The molecule has 0 aliphatic carbocycles. The number of hydrogen-bond donors (Lipinski definition) is 3. The minimum absolute atomic E-state index is 0.0279. The largest absolute Gasteiger partial charge is 0.388 e. The summed E-state index contributed by atoms with van der Waals surface area (Å²) in [5.41, 5.74) is 1.70. The molecule has 4 heteroatoms. The van der Waals surface area contributed by atoms with E-state index < -0.39 is 5.60 Å². The third kappa shape index (κ3) is 3.38. The van der Waals surface area contributed by atoms with Gasteiger partial charge >= 0.3 is 0 Å². The first kappa shape index (κ1) is 15.0. The SMILES string of the molecule is CCC(O)(CC)CNC(=O)[C@@H]1Cc2ccccc2CN1. The molecule has 0 saturated heterocycles. The Labute approximate surface area is 120 Å². The number of carbonyl (C=O) groups is 1. The van der Waals surface area contributed by atoms with E-state index in [0.717, 1.165) is 6.54 Å². The van der Waals surface area contributed by atoms with Crippen LogP contribution in [-0.4, -0.2) is 29.2 Å². The van der Waals surface area contributed by atoms with Crippen molar-refractivity contribution >= 4 is 5.91 Å². The maximum Gasteiger partial charge on any atom is 0.237 e. The lowest BCUT2D eigenvalue weighted by molar-refractivity contribution is -0.124. The topological polar surface area (TPSA) is 61.4 Å². The zero-order chi connectivity index (χ0) is 14.6. The number of nitrogens with one attached hydrogen (secondary N) is 2. The van der Waals surface area contributed by atoms with Crippen LogP contribution in [0.4, 0.5) is 0 Å². The van der Waals surface area contributed by atoms with Crippen molar-refractivity contribution in [1.82, 2.24) is 10.6 Å². The highest BCUT2D eigenvalue weighted by Gasteiger charge is 2.27. The van der Waals surface area contributed by atoms with Crippen LogP contribution in [0, 0.1) is 0 Å². The molecule has 1 aliphatic rings. The van der Waals surface area contributed by atoms with Crippen molar-refractivity contribution < 1.29 is 9.90 Å². The second-order valence-corrected chi connectivity index (χ2v) is 5.56. The molecule has 4 nitrogen and oxygen atoms in total. The first-order chi connectivity index (χ1) is 9.58. The van der Waals surface area contributed by atoms with Gasteiger partial charge in [0.2, 0.25) is 5.91 Å². The van der Waals surface area contributed by atoms with E-state index in [0.29, 0.717) is 25.8 Å². The van der Waals surface area contributed by atoms with Crippen molar-refractivity contribution in [1.29, 1.82) is 0 Å². The minimum Gasteiger partial charge on any atom is -0.388 e. The zero-order valence-corrected chi connectivity index (χ0v) is 12.3. The Morgan fingerprint density at radius 3 is 2.65 bits per heavy atom. The van der Waals surface area contributed by atoms with Crippen molar-refractivity contribution in [2.24, 2.45) is 0 Å². The second-order valence-electron chi connectivity index (χ2n) is 5.56. The lowest BCUT2D eigenvalue weighted by Gasteiger charge is -2.29. The Bertz CT molecular complexity index is 469. The molecule has 1 aromatic rings. The van der Waals surface area contributed by atoms with Gasteiger partial charge in [0.1, 0.15) is 0 Å². The van der Waals surface area contributed by atoms with E-state index in [1.807, 2.05) is 26.0 Å². The third-order valence-corrected chi connectivity index (χ3v) is 4.31. The van der Waals surface area contributed by atoms with Gasteiger partial charge in [-0.15, -0.1) is 0 Å². The highest BCUT2D eigenvalue weighted by molar-refractivity contribution is 5.82. The van der Waals surface area contributed by atoms with E-state index in [4.69, 9.17) is 0 Å². The monoisotopic (exact) mass is 276 g/mol. The van der Waals surface area contributed by atoms with Gasteiger partial charge in [-0.3, -0.25) is 4.79 Å². The number of carbonyl (C=O) groups excluding carboxylic acids is 1. The molecule has 0 bridgehead atoms. The van der Waals surface area contributed by atoms with Crippen molar-refractivity contribution in [2.45, 2.75) is 51.3 Å². The molecule has 0 unspecified atom stereocenters. The van der Waals surface area contributed by atoms with Gasteiger partial charge in [0, 0.05) is 13.1 Å². The fourth-order valence-electron chi connectivity index (χ4n) is 2.51. The molecule has 1 aliphatic heterocycles. The number of amides is 1. The molecule has 0 saturated carbocycles. The van der Waals surface area contributed by atoms with Gasteiger partial charge in [0.05, 0.1) is 11.6 Å². The average Bonchev–Trinajstić information content (AvgIpc) is 2.51. The van der Waals surface area contributed by atoms with Crippen LogP contribution in [0.5, 0.6) is 0 Å². The molecule has 1 amide bonds. The fraction of sp³-hybridized carbons (Fsp3) is 0.562. The first-order valence-electron chi connectivity index (χ1n) is 7.38.